The zero-order chi connectivity index (χ0) is 35.2. The number of primary amides is 1. The molecule has 1 saturated heterocycles. The Morgan fingerprint density at radius 3 is 2.31 bits per heavy atom. The average Bonchev–Trinajstić information content (AvgIpc) is 3.54. The number of amides is 1. The van der Waals surface area contributed by atoms with E-state index < -0.39 is 74.6 Å². The van der Waals surface area contributed by atoms with Crippen molar-refractivity contribution in [2.75, 3.05) is 34.3 Å². The van der Waals surface area contributed by atoms with Crippen LogP contribution in [0.2, 0.25) is 0 Å². The summed E-state index contributed by atoms with van der Waals surface area (Å²) in [6.07, 6.45) is 0.451. The van der Waals surface area contributed by atoms with E-state index in [4.69, 9.17) is 10.5 Å². The number of aromatic hydroxyl groups is 1. The Balaban J connectivity index is 1.62. The predicted molar refractivity (Wildman–Crippen MR) is 176 cm³/mol. The molecule has 12 nitrogen and oxygen atoms in total. The number of carbonyl (C=O) groups excluding carboxylic acids is 3. The Morgan fingerprint density at radius 2 is 1.73 bits per heavy atom. The fraction of sp³-hybridized carbons (Fsp3) is 0.472. The minimum absolute atomic E-state index is 0.0632. The lowest BCUT2D eigenvalue weighted by Gasteiger charge is -2.63. The number of aliphatic hydroxyl groups is 4. The SMILES string of the molecule is COc1ccc(-c2ccc(O)c3c2[C@H](C)[C@]2(C)C(=C3O)C(=O)[C@]3(O)C(O)=C(C(N)=O)C(=O)[C@@H](N(C)C)[C@]3(C)[C@H]2O)cc1CN1CCCC1. The molecule has 3 aliphatic carbocycles. The molecule has 0 aromatic heterocycles. The number of nitrogens with zero attached hydrogens (tertiary/aromatic N) is 2. The molecule has 2 aromatic rings. The number of likely N-dealkylation sites (N-methyl/N-ethyl adjacent to an activating group) is 1. The molecule has 1 heterocycles. The number of hydrogen-bond acceptors (Lipinski definition) is 11. The highest BCUT2D eigenvalue weighted by molar-refractivity contribution is 6.25. The standard InChI is InChI=1S/C36H43N3O9/c1-17-23-20(18-9-12-22(48-6)19(15-18)16-39-13-7-8-14-39)10-11-21(40)24(23)27(41)26-31(44)36(47)30(43)25(32(37)45)28(42)29(38(4)5)35(36,3)33(46)34(17,26)2/h9-12,15,17,29,33,40-41,43,46-47H,7-8,13-14,16H2,1-6H3,(H2,37,45)/t17-,29+,33-,34+,35+,36+/m0/s1. The van der Waals surface area contributed by atoms with Gasteiger partial charge in [0.05, 0.1) is 35.8 Å². The van der Waals surface area contributed by atoms with Crippen LogP contribution in [-0.4, -0.2) is 105 Å². The molecule has 1 saturated carbocycles. The molecule has 2 fully saturated rings. The first kappa shape index (κ1) is 33.7. The fourth-order valence-electron chi connectivity index (χ4n) is 9.10. The van der Waals surface area contributed by atoms with Crippen LogP contribution in [0.1, 0.15) is 56.2 Å². The van der Waals surface area contributed by atoms with Crippen LogP contribution in [0.4, 0.5) is 0 Å². The molecule has 6 atom stereocenters. The number of benzene rings is 2. The molecule has 4 aliphatic rings. The Morgan fingerprint density at radius 1 is 1.08 bits per heavy atom. The lowest BCUT2D eigenvalue weighted by molar-refractivity contribution is -0.211. The highest BCUT2D eigenvalue weighted by Gasteiger charge is 2.77. The van der Waals surface area contributed by atoms with Crippen molar-refractivity contribution in [1.29, 1.82) is 0 Å². The molecule has 7 N–H and O–H groups in total. The Bertz CT molecular complexity index is 1830. The highest BCUT2D eigenvalue weighted by Crippen LogP contribution is 2.66. The molecular weight excluding hydrogens is 618 g/mol. The van der Waals surface area contributed by atoms with E-state index in [2.05, 4.69) is 4.90 Å². The summed E-state index contributed by atoms with van der Waals surface area (Å²) in [6, 6.07) is 7.33. The van der Waals surface area contributed by atoms with Gasteiger partial charge in [-0.3, -0.25) is 24.2 Å². The predicted octanol–water partition coefficient (Wildman–Crippen LogP) is 2.55. The average molecular weight is 662 g/mol. The molecule has 48 heavy (non-hydrogen) atoms. The number of carbonyl (C=O) groups is 3. The summed E-state index contributed by atoms with van der Waals surface area (Å²) in [5.41, 5.74) is -0.116. The summed E-state index contributed by atoms with van der Waals surface area (Å²) >= 11 is 0. The van der Waals surface area contributed by atoms with Gasteiger partial charge in [0.2, 0.25) is 5.78 Å². The van der Waals surface area contributed by atoms with Gasteiger partial charge in [0, 0.05) is 17.5 Å². The van der Waals surface area contributed by atoms with Gasteiger partial charge in [-0.05, 0) is 80.8 Å². The van der Waals surface area contributed by atoms with Gasteiger partial charge in [-0.15, -0.1) is 0 Å². The van der Waals surface area contributed by atoms with E-state index in [0.717, 1.165) is 37.1 Å². The van der Waals surface area contributed by atoms with Crippen LogP contribution in [0.3, 0.4) is 0 Å². The number of phenols is 1. The number of fused-ring (bicyclic) bond motifs is 3. The van der Waals surface area contributed by atoms with Gasteiger partial charge in [-0.2, -0.15) is 0 Å². The van der Waals surface area contributed by atoms with Crippen LogP contribution in [0.5, 0.6) is 11.5 Å². The number of likely N-dealkylation sites (tertiary alicyclic amines) is 1. The number of ether oxygens (including phenoxy) is 1. The van der Waals surface area contributed by atoms with E-state index in [-0.39, 0.29) is 11.3 Å². The zero-order valence-corrected chi connectivity index (χ0v) is 28.0. The van der Waals surface area contributed by atoms with E-state index in [1.54, 1.807) is 27.0 Å². The monoisotopic (exact) mass is 661 g/mol. The number of phenolic OH excluding ortho intramolecular Hbond substituents is 1. The van der Waals surface area contributed by atoms with Gasteiger partial charge >= 0.3 is 0 Å². The minimum atomic E-state index is -3.05. The quantitative estimate of drug-likeness (QED) is 0.249. The van der Waals surface area contributed by atoms with Crippen molar-refractivity contribution in [3.63, 3.8) is 0 Å². The van der Waals surface area contributed by atoms with Gasteiger partial charge < -0.3 is 36.0 Å². The van der Waals surface area contributed by atoms with Gasteiger partial charge in [0.1, 0.15) is 28.6 Å². The fourth-order valence-corrected chi connectivity index (χ4v) is 9.10. The molecule has 0 bridgehead atoms. The molecule has 0 unspecified atom stereocenters. The molecule has 6 rings (SSSR count). The second-order valence-electron chi connectivity index (χ2n) is 14.2. The van der Waals surface area contributed by atoms with Crippen LogP contribution in [0.25, 0.3) is 16.9 Å². The van der Waals surface area contributed by atoms with Crippen molar-refractivity contribution in [1.82, 2.24) is 9.80 Å². The van der Waals surface area contributed by atoms with E-state index in [9.17, 15) is 39.9 Å². The smallest absolute Gasteiger partial charge is 0.255 e. The topological polar surface area (TPSA) is 194 Å². The number of aliphatic hydroxyl groups excluding tert-OH is 3. The van der Waals surface area contributed by atoms with Crippen molar-refractivity contribution in [2.45, 2.75) is 63.8 Å². The summed E-state index contributed by atoms with van der Waals surface area (Å²) < 4.78 is 5.68. The van der Waals surface area contributed by atoms with Gasteiger partial charge in [-0.25, -0.2) is 0 Å². The van der Waals surface area contributed by atoms with Crippen molar-refractivity contribution in [2.24, 2.45) is 16.6 Å². The number of hydrogen-bond donors (Lipinski definition) is 6. The number of rotatable bonds is 6. The second kappa shape index (κ2) is 11.2. The third kappa shape index (κ3) is 4.12. The summed E-state index contributed by atoms with van der Waals surface area (Å²) in [6.45, 7) is 7.21. The van der Waals surface area contributed by atoms with Crippen LogP contribution >= 0.6 is 0 Å². The Labute approximate surface area is 278 Å². The van der Waals surface area contributed by atoms with Crippen molar-refractivity contribution in [3.8, 4) is 22.6 Å². The zero-order valence-electron chi connectivity index (χ0n) is 28.0. The van der Waals surface area contributed by atoms with Crippen molar-refractivity contribution < 1.29 is 44.7 Å². The molecular formula is C36H43N3O9. The lowest BCUT2D eigenvalue weighted by atomic mass is 9.42. The first-order valence-electron chi connectivity index (χ1n) is 16.1. The first-order chi connectivity index (χ1) is 22.5. The molecule has 1 aliphatic heterocycles. The Hall–Kier alpha value is -4.23. The Kier molecular flexibility index (Phi) is 7.83. The maximum Gasteiger partial charge on any atom is 0.255 e. The maximum absolute atomic E-state index is 14.7. The number of nitrogens with two attached hydrogens (primary N) is 1. The van der Waals surface area contributed by atoms with Gasteiger partial charge in [0.15, 0.2) is 11.4 Å². The van der Waals surface area contributed by atoms with Crippen LogP contribution < -0.4 is 10.5 Å². The van der Waals surface area contributed by atoms with E-state index in [1.807, 2.05) is 18.2 Å². The summed E-state index contributed by atoms with van der Waals surface area (Å²) in [5, 5.41) is 59.3. The molecule has 0 radical (unpaired) electrons. The second-order valence-corrected chi connectivity index (χ2v) is 14.2. The molecule has 256 valence electrons. The van der Waals surface area contributed by atoms with Crippen molar-refractivity contribution >= 4 is 23.2 Å². The van der Waals surface area contributed by atoms with Crippen LogP contribution in [-0.2, 0) is 20.9 Å². The molecule has 12 heteroatoms. The molecule has 2 aromatic carbocycles. The third-order valence-corrected chi connectivity index (χ3v) is 11.6. The minimum Gasteiger partial charge on any atom is -0.508 e. The van der Waals surface area contributed by atoms with Crippen molar-refractivity contribution in [3.05, 3.63) is 63.9 Å². The lowest BCUT2D eigenvalue weighted by Crippen LogP contribution is -2.78. The number of ketones is 2. The number of Topliss-reactive ketones (excluding diaryl/α,β-unsaturated/α-hetero) is 2. The highest BCUT2D eigenvalue weighted by atomic mass is 16.5. The normalized spacial score (nSPS) is 32.0. The third-order valence-electron chi connectivity index (χ3n) is 11.6. The van der Waals surface area contributed by atoms with E-state index in [0.29, 0.717) is 23.4 Å². The van der Waals surface area contributed by atoms with Crippen LogP contribution in [0, 0.1) is 10.8 Å². The number of methoxy groups -OCH3 is 1. The van der Waals surface area contributed by atoms with E-state index >= 15 is 0 Å². The summed E-state index contributed by atoms with van der Waals surface area (Å²) in [4.78, 5) is 44.6. The molecule has 1 amide bonds. The summed E-state index contributed by atoms with van der Waals surface area (Å²) in [7, 11) is 4.57. The molecule has 0 spiro atoms. The largest absolute Gasteiger partial charge is 0.508 e. The summed E-state index contributed by atoms with van der Waals surface area (Å²) in [5.74, 6) is -5.96. The van der Waals surface area contributed by atoms with Gasteiger partial charge in [0.25, 0.3) is 5.91 Å². The van der Waals surface area contributed by atoms with Gasteiger partial charge in [-0.1, -0.05) is 32.9 Å². The maximum atomic E-state index is 14.7. The first-order valence-corrected chi connectivity index (χ1v) is 16.1. The van der Waals surface area contributed by atoms with E-state index in [1.165, 1.54) is 32.0 Å². The van der Waals surface area contributed by atoms with Crippen LogP contribution in [0.15, 0.2) is 47.2 Å².